The molecule has 0 saturated carbocycles. The summed E-state index contributed by atoms with van der Waals surface area (Å²) in [7, 11) is 0. The third-order valence-corrected chi connectivity index (χ3v) is 4.58. The molecule has 2 rings (SSSR count). The number of likely N-dealkylation sites (tertiary alicyclic amines) is 1. The number of benzene rings is 1. The zero-order valence-electron chi connectivity index (χ0n) is 15.2. The Kier molecular flexibility index (Phi) is 5.09. The molecule has 1 aromatic carbocycles. The van der Waals surface area contributed by atoms with Crippen molar-refractivity contribution in [2.45, 2.75) is 57.7 Å². The van der Waals surface area contributed by atoms with Crippen LogP contribution in [0.1, 0.15) is 40.5 Å². The molecule has 1 aromatic rings. The number of piperidine rings is 1. The van der Waals surface area contributed by atoms with Crippen LogP contribution in [0.15, 0.2) is 36.0 Å². The quantitative estimate of drug-likeness (QED) is 0.445. The largest absolute Gasteiger partial charge is 0.508 e. The Balaban J connectivity index is 2.27. The van der Waals surface area contributed by atoms with Crippen LogP contribution in [0.3, 0.4) is 0 Å². The molecule has 134 valence electrons. The Morgan fingerprint density at radius 3 is 2.28 bits per heavy atom. The number of anilines is 1. The van der Waals surface area contributed by atoms with E-state index in [2.05, 4.69) is 37.9 Å². The summed E-state index contributed by atoms with van der Waals surface area (Å²) in [6.45, 7) is 8.27. The number of nitriles is 1. The van der Waals surface area contributed by atoms with Crippen LogP contribution in [-0.4, -0.2) is 33.0 Å². The number of hydrogen-bond donors (Lipinski definition) is 3. The minimum Gasteiger partial charge on any atom is -0.508 e. The summed E-state index contributed by atoms with van der Waals surface area (Å²) in [5, 5.41) is 21.5. The van der Waals surface area contributed by atoms with Gasteiger partial charge in [-0.15, -0.1) is 0 Å². The summed E-state index contributed by atoms with van der Waals surface area (Å²) in [5.74, 6) is -0.364. The van der Waals surface area contributed by atoms with Crippen molar-refractivity contribution in [2.75, 3.05) is 5.32 Å². The maximum atomic E-state index is 12.5. The fourth-order valence-electron chi connectivity index (χ4n) is 3.73. The van der Waals surface area contributed by atoms with Gasteiger partial charge in [-0.05, 0) is 64.8 Å². The second-order valence-corrected chi connectivity index (χ2v) is 7.82. The number of nitrogens with one attached hydrogen (secondary N) is 1. The smallest absolute Gasteiger partial charge is 0.267 e. The molecule has 0 spiro atoms. The van der Waals surface area contributed by atoms with Crippen LogP contribution < -0.4 is 11.1 Å². The molecule has 0 bridgehead atoms. The average Bonchev–Trinajstić information content (AvgIpc) is 2.47. The van der Waals surface area contributed by atoms with Gasteiger partial charge in [0.05, 0.1) is 0 Å². The minimum atomic E-state index is -0.477. The SMILES string of the molecule is CC1(C)CC(N)CC(C)(C)N1/C=C(/C#N)C(=O)Nc1ccc(O)cc1. The number of aromatic hydroxyl groups is 1. The summed E-state index contributed by atoms with van der Waals surface area (Å²) >= 11 is 0. The zero-order valence-corrected chi connectivity index (χ0v) is 15.2. The lowest BCUT2D eigenvalue weighted by atomic mass is 9.77. The number of nitrogens with two attached hydrogens (primary N) is 1. The van der Waals surface area contributed by atoms with E-state index in [1.54, 1.807) is 18.3 Å². The average molecular weight is 342 g/mol. The third-order valence-electron chi connectivity index (χ3n) is 4.58. The first-order valence-corrected chi connectivity index (χ1v) is 8.32. The number of rotatable bonds is 3. The van der Waals surface area contributed by atoms with Gasteiger partial charge in [-0.3, -0.25) is 4.79 Å². The molecule has 0 aromatic heterocycles. The van der Waals surface area contributed by atoms with Crippen molar-refractivity contribution in [2.24, 2.45) is 5.73 Å². The van der Waals surface area contributed by atoms with E-state index < -0.39 is 5.91 Å². The first-order valence-electron chi connectivity index (χ1n) is 8.32. The summed E-state index contributed by atoms with van der Waals surface area (Å²) < 4.78 is 0. The standard InChI is InChI=1S/C19H26N4O2/c1-18(2)9-14(21)10-19(3,4)23(18)12-13(11-20)17(25)22-15-5-7-16(24)8-6-15/h5-8,12,14,24H,9-10,21H2,1-4H3,(H,22,25)/b13-12-. The predicted octanol–water partition coefficient (Wildman–Crippen LogP) is 2.72. The number of phenols is 1. The van der Waals surface area contributed by atoms with Gasteiger partial charge in [0.15, 0.2) is 0 Å². The molecule has 6 heteroatoms. The lowest BCUT2D eigenvalue weighted by Crippen LogP contribution is -2.61. The maximum absolute atomic E-state index is 12.5. The van der Waals surface area contributed by atoms with Gasteiger partial charge in [0.1, 0.15) is 17.4 Å². The number of hydrogen-bond acceptors (Lipinski definition) is 5. The minimum absolute atomic E-state index is 0.0321. The van der Waals surface area contributed by atoms with Crippen LogP contribution in [0, 0.1) is 11.3 Å². The molecule has 1 aliphatic rings. The Morgan fingerprint density at radius 2 is 1.80 bits per heavy atom. The Morgan fingerprint density at radius 1 is 1.28 bits per heavy atom. The third kappa shape index (κ3) is 4.31. The van der Waals surface area contributed by atoms with Crippen LogP contribution >= 0.6 is 0 Å². The van der Waals surface area contributed by atoms with Gasteiger partial charge in [0.2, 0.25) is 0 Å². The van der Waals surface area contributed by atoms with Crippen LogP contribution in [0.2, 0.25) is 0 Å². The van der Waals surface area contributed by atoms with Crippen molar-refractivity contribution in [3.05, 3.63) is 36.0 Å². The number of amides is 1. The number of carbonyl (C=O) groups excluding carboxylic acids is 1. The van der Waals surface area contributed by atoms with E-state index in [0.29, 0.717) is 5.69 Å². The topological polar surface area (TPSA) is 102 Å². The lowest BCUT2D eigenvalue weighted by Gasteiger charge is -2.54. The van der Waals surface area contributed by atoms with E-state index in [9.17, 15) is 15.2 Å². The van der Waals surface area contributed by atoms with Gasteiger partial charge in [-0.2, -0.15) is 5.26 Å². The van der Waals surface area contributed by atoms with E-state index in [-0.39, 0.29) is 28.4 Å². The summed E-state index contributed by atoms with van der Waals surface area (Å²) in [6, 6.07) is 8.19. The van der Waals surface area contributed by atoms with E-state index in [1.165, 1.54) is 12.1 Å². The van der Waals surface area contributed by atoms with Crippen molar-refractivity contribution < 1.29 is 9.90 Å². The molecular weight excluding hydrogens is 316 g/mol. The molecule has 0 atom stereocenters. The molecule has 1 fully saturated rings. The molecule has 0 unspecified atom stereocenters. The normalized spacial score (nSPS) is 20.0. The molecule has 1 amide bonds. The molecule has 6 nitrogen and oxygen atoms in total. The van der Waals surface area contributed by atoms with Crippen molar-refractivity contribution >= 4 is 11.6 Å². The van der Waals surface area contributed by atoms with Gasteiger partial charge in [0.25, 0.3) is 5.91 Å². The van der Waals surface area contributed by atoms with E-state index in [0.717, 1.165) is 12.8 Å². The van der Waals surface area contributed by atoms with Gasteiger partial charge in [-0.1, -0.05) is 0 Å². The molecule has 25 heavy (non-hydrogen) atoms. The molecule has 0 aliphatic carbocycles. The lowest BCUT2D eigenvalue weighted by molar-refractivity contribution is -0.112. The molecule has 4 N–H and O–H groups in total. The predicted molar refractivity (Wildman–Crippen MR) is 97.6 cm³/mol. The zero-order chi connectivity index (χ0) is 18.8. The second-order valence-electron chi connectivity index (χ2n) is 7.82. The van der Waals surface area contributed by atoms with Crippen LogP contribution in [-0.2, 0) is 4.79 Å². The highest BCUT2D eigenvalue weighted by molar-refractivity contribution is 6.06. The highest BCUT2D eigenvalue weighted by atomic mass is 16.3. The van der Waals surface area contributed by atoms with E-state index in [4.69, 9.17) is 5.73 Å². The Bertz CT molecular complexity index is 696. The monoisotopic (exact) mass is 342 g/mol. The Hall–Kier alpha value is -2.52. The second kappa shape index (κ2) is 6.77. The fraction of sp³-hybridized carbons (Fsp3) is 0.474. The van der Waals surface area contributed by atoms with Crippen molar-refractivity contribution in [1.29, 1.82) is 5.26 Å². The molecule has 1 aliphatic heterocycles. The number of phenolic OH excluding ortho intramolecular Hbond substituents is 1. The number of carbonyl (C=O) groups is 1. The van der Waals surface area contributed by atoms with Gasteiger partial charge in [0, 0.05) is 29.0 Å². The number of nitrogens with zero attached hydrogens (tertiary/aromatic N) is 2. The molecule has 1 saturated heterocycles. The molecular formula is C19H26N4O2. The van der Waals surface area contributed by atoms with E-state index in [1.807, 2.05) is 6.07 Å². The van der Waals surface area contributed by atoms with Gasteiger partial charge >= 0.3 is 0 Å². The Labute approximate surface area is 148 Å². The van der Waals surface area contributed by atoms with Crippen LogP contribution in [0.5, 0.6) is 5.75 Å². The first-order chi connectivity index (χ1) is 11.5. The maximum Gasteiger partial charge on any atom is 0.267 e. The van der Waals surface area contributed by atoms with E-state index >= 15 is 0 Å². The summed E-state index contributed by atoms with van der Waals surface area (Å²) in [4.78, 5) is 14.5. The van der Waals surface area contributed by atoms with Crippen molar-refractivity contribution in [3.8, 4) is 11.8 Å². The van der Waals surface area contributed by atoms with Crippen molar-refractivity contribution in [1.82, 2.24) is 4.90 Å². The van der Waals surface area contributed by atoms with Gasteiger partial charge < -0.3 is 21.1 Å². The van der Waals surface area contributed by atoms with Gasteiger partial charge in [-0.25, -0.2) is 0 Å². The van der Waals surface area contributed by atoms with Crippen LogP contribution in [0.25, 0.3) is 0 Å². The van der Waals surface area contributed by atoms with Crippen molar-refractivity contribution in [3.63, 3.8) is 0 Å². The molecule has 0 radical (unpaired) electrons. The summed E-state index contributed by atoms with van der Waals surface area (Å²) in [6.07, 6.45) is 3.21. The highest BCUT2D eigenvalue weighted by Crippen LogP contribution is 2.38. The first kappa shape index (κ1) is 18.8. The summed E-state index contributed by atoms with van der Waals surface area (Å²) in [5.41, 5.74) is 6.20. The highest BCUT2D eigenvalue weighted by Gasteiger charge is 2.43. The van der Waals surface area contributed by atoms with Crippen LogP contribution in [0.4, 0.5) is 5.69 Å². The molecule has 1 heterocycles. The fourth-order valence-corrected chi connectivity index (χ4v) is 3.73.